The number of hydrogen-bond acceptors (Lipinski definition) is 2. The first kappa shape index (κ1) is 12.5. The summed E-state index contributed by atoms with van der Waals surface area (Å²) < 4.78 is 5.91. The van der Waals surface area contributed by atoms with Gasteiger partial charge in [0.2, 0.25) is 0 Å². The van der Waals surface area contributed by atoms with E-state index in [4.69, 9.17) is 4.74 Å². The molecule has 0 aliphatic heterocycles. The number of esters is 1. The van der Waals surface area contributed by atoms with Gasteiger partial charge in [-0.1, -0.05) is 13.8 Å². The van der Waals surface area contributed by atoms with E-state index in [1.165, 1.54) is 25.7 Å². The number of hydrogen-bond donors (Lipinski definition) is 0. The van der Waals surface area contributed by atoms with Gasteiger partial charge in [0.25, 0.3) is 0 Å². The lowest BCUT2D eigenvalue weighted by Crippen LogP contribution is -2.47. The van der Waals surface area contributed by atoms with Crippen molar-refractivity contribution in [2.24, 2.45) is 29.1 Å². The summed E-state index contributed by atoms with van der Waals surface area (Å²) in [4.78, 5) is 12.0. The lowest BCUT2D eigenvalue weighted by Gasteiger charge is -2.44. The molecule has 0 N–H and O–H groups in total. The van der Waals surface area contributed by atoms with Crippen molar-refractivity contribution >= 4 is 5.97 Å². The highest BCUT2D eigenvalue weighted by molar-refractivity contribution is 5.70. The molecule has 0 aromatic heterocycles. The van der Waals surface area contributed by atoms with Crippen molar-refractivity contribution in [3.63, 3.8) is 0 Å². The van der Waals surface area contributed by atoms with Gasteiger partial charge in [0.05, 0.1) is 0 Å². The van der Waals surface area contributed by atoms with Gasteiger partial charge < -0.3 is 4.74 Å². The molecule has 0 radical (unpaired) electrons. The minimum atomic E-state index is -0.260. The summed E-state index contributed by atoms with van der Waals surface area (Å²) in [6, 6.07) is 0. The molecule has 4 bridgehead atoms. The van der Waals surface area contributed by atoms with E-state index in [-0.39, 0.29) is 11.6 Å². The van der Waals surface area contributed by atoms with E-state index in [2.05, 4.69) is 27.7 Å². The molecule has 4 rings (SSSR count). The van der Waals surface area contributed by atoms with Crippen molar-refractivity contribution in [1.82, 2.24) is 0 Å². The van der Waals surface area contributed by atoms with Crippen molar-refractivity contribution in [3.8, 4) is 0 Å². The minimum Gasteiger partial charge on any atom is -0.459 e. The number of carbonyl (C=O) groups is 1. The van der Waals surface area contributed by atoms with Crippen molar-refractivity contribution in [3.05, 3.63) is 0 Å². The van der Waals surface area contributed by atoms with Crippen molar-refractivity contribution in [2.75, 3.05) is 0 Å². The fourth-order valence-electron chi connectivity index (χ4n) is 5.26. The first-order chi connectivity index (χ1) is 8.34. The second-order valence-electron chi connectivity index (χ2n) is 7.84. The Morgan fingerprint density at radius 3 is 2.22 bits per heavy atom. The maximum absolute atomic E-state index is 12.0. The second kappa shape index (κ2) is 3.74. The Balaban J connectivity index is 1.73. The van der Waals surface area contributed by atoms with E-state index in [1.54, 1.807) is 0 Å². The molecule has 2 atom stereocenters. The van der Waals surface area contributed by atoms with Crippen LogP contribution in [0.25, 0.3) is 0 Å². The van der Waals surface area contributed by atoms with Gasteiger partial charge >= 0.3 is 5.97 Å². The average molecular weight is 250 g/mol. The van der Waals surface area contributed by atoms with E-state index in [1.807, 2.05) is 0 Å². The third-order valence-electron chi connectivity index (χ3n) is 6.02. The van der Waals surface area contributed by atoms with E-state index >= 15 is 0 Å². The number of carbonyl (C=O) groups excluding carboxylic acids is 1. The van der Waals surface area contributed by atoms with Crippen LogP contribution in [-0.4, -0.2) is 11.6 Å². The predicted molar refractivity (Wildman–Crippen MR) is 71.0 cm³/mol. The van der Waals surface area contributed by atoms with E-state index in [0.29, 0.717) is 17.8 Å². The molecule has 4 aliphatic rings. The molecule has 0 heterocycles. The molecular weight excluding hydrogens is 224 g/mol. The SMILES string of the molecule is CC(C)CC(=O)OC(C)(C)C12CC3CC1CC3C2. The lowest BCUT2D eigenvalue weighted by molar-refractivity contribution is -0.174. The topological polar surface area (TPSA) is 26.3 Å². The Morgan fingerprint density at radius 1 is 1.28 bits per heavy atom. The van der Waals surface area contributed by atoms with Crippen LogP contribution in [0.15, 0.2) is 0 Å². The quantitative estimate of drug-likeness (QED) is 0.710. The molecule has 0 aromatic carbocycles. The molecule has 4 aliphatic carbocycles. The first-order valence-corrected chi connectivity index (χ1v) is 7.56. The van der Waals surface area contributed by atoms with E-state index in [9.17, 15) is 4.79 Å². The van der Waals surface area contributed by atoms with Crippen LogP contribution in [0.2, 0.25) is 0 Å². The fraction of sp³-hybridized carbons (Fsp3) is 0.938. The van der Waals surface area contributed by atoms with Gasteiger partial charge in [-0.05, 0) is 63.2 Å². The lowest BCUT2D eigenvalue weighted by atomic mass is 9.68. The standard InChI is InChI=1S/C16H26O2/c1-10(2)5-14(17)18-15(3,4)16-8-11-6-13(16)7-12(11)9-16/h10-13H,5-9H2,1-4H3. The Bertz CT molecular complexity index is 355. The highest BCUT2D eigenvalue weighted by atomic mass is 16.6. The predicted octanol–water partition coefficient (Wildman–Crippen LogP) is 3.79. The Labute approximate surface area is 110 Å². The molecule has 2 nitrogen and oxygen atoms in total. The van der Waals surface area contributed by atoms with Gasteiger partial charge in [-0.2, -0.15) is 0 Å². The highest BCUT2D eigenvalue weighted by Crippen LogP contribution is 2.73. The molecule has 0 saturated heterocycles. The fourth-order valence-corrected chi connectivity index (χ4v) is 5.26. The van der Waals surface area contributed by atoms with Gasteiger partial charge in [0.1, 0.15) is 5.60 Å². The third-order valence-corrected chi connectivity index (χ3v) is 6.02. The Kier molecular flexibility index (Phi) is 2.60. The molecule has 0 aromatic rings. The monoisotopic (exact) mass is 250 g/mol. The summed E-state index contributed by atoms with van der Waals surface area (Å²) in [7, 11) is 0. The average Bonchev–Trinajstić information content (AvgIpc) is 2.83. The van der Waals surface area contributed by atoms with E-state index in [0.717, 1.165) is 17.8 Å². The molecule has 0 spiro atoms. The molecule has 18 heavy (non-hydrogen) atoms. The van der Waals surface area contributed by atoms with Crippen LogP contribution in [0.4, 0.5) is 0 Å². The van der Waals surface area contributed by atoms with Gasteiger partial charge in [0.15, 0.2) is 0 Å². The van der Waals surface area contributed by atoms with Crippen molar-refractivity contribution in [2.45, 2.75) is 65.4 Å². The van der Waals surface area contributed by atoms with Crippen molar-refractivity contribution < 1.29 is 9.53 Å². The minimum absolute atomic E-state index is 0.00285. The van der Waals surface area contributed by atoms with Crippen LogP contribution in [0.5, 0.6) is 0 Å². The molecule has 2 heteroatoms. The summed E-state index contributed by atoms with van der Waals surface area (Å²) in [5.74, 6) is 3.10. The largest absolute Gasteiger partial charge is 0.459 e. The maximum atomic E-state index is 12.0. The van der Waals surface area contributed by atoms with Crippen LogP contribution in [0, 0.1) is 29.1 Å². The van der Waals surface area contributed by atoms with E-state index < -0.39 is 0 Å². The smallest absolute Gasteiger partial charge is 0.306 e. The Hall–Kier alpha value is -0.530. The molecule has 4 saturated carbocycles. The first-order valence-electron chi connectivity index (χ1n) is 7.56. The van der Waals surface area contributed by atoms with Crippen LogP contribution in [-0.2, 0) is 9.53 Å². The summed E-state index contributed by atoms with van der Waals surface area (Å²) in [5.41, 5.74) is 0.0542. The molecule has 4 fully saturated rings. The molecule has 0 amide bonds. The zero-order valence-electron chi connectivity index (χ0n) is 12.2. The Morgan fingerprint density at radius 2 is 1.83 bits per heavy atom. The molecule has 2 unspecified atom stereocenters. The summed E-state index contributed by atoms with van der Waals surface area (Å²) in [5, 5.41) is 0. The van der Waals surface area contributed by atoms with Gasteiger partial charge in [-0.15, -0.1) is 0 Å². The number of ether oxygens (including phenoxy) is 1. The van der Waals surface area contributed by atoms with Crippen LogP contribution in [0.3, 0.4) is 0 Å². The normalized spacial score (nSPS) is 41.1. The summed E-state index contributed by atoms with van der Waals surface area (Å²) in [6.45, 7) is 8.47. The summed E-state index contributed by atoms with van der Waals surface area (Å²) >= 11 is 0. The van der Waals surface area contributed by atoms with Gasteiger partial charge in [0, 0.05) is 11.8 Å². The maximum Gasteiger partial charge on any atom is 0.306 e. The third kappa shape index (κ3) is 1.57. The van der Waals surface area contributed by atoms with Gasteiger partial charge in [-0.25, -0.2) is 0 Å². The highest BCUT2D eigenvalue weighted by Gasteiger charge is 2.69. The van der Waals surface area contributed by atoms with Crippen LogP contribution >= 0.6 is 0 Å². The van der Waals surface area contributed by atoms with Gasteiger partial charge in [-0.3, -0.25) is 4.79 Å². The second-order valence-corrected chi connectivity index (χ2v) is 7.84. The van der Waals surface area contributed by atoms with Crippen LogP contribution in [0.1, 0.15) is 59.8 Å². The van der Waals surface area contributed by atoms with Crippen LogP contribution < -0.4 is 0 Å². The molecule has 102 valence electrons. The zero-order chi connectivity index (χ0) is 13.1. The zero-order valence-corrected chi connectivity index (χ0v) is 12.2. The molecular formula is C16H26O2. The van der Waals surface area contributed by atoms with Crippen molar-refractivity contribution in [1.29, 1.82) is 0 Å². The number of rotatable bonds is 4. The summed E-state index contributed by atoms with van der Waals surface area (Å²) in [6.07, 6.45) is 5.97.